The summed E-state index contributed by atoms with van der Waals surface area (Å²) in [4.78, 5) is 4.69. The first-order valence-electron chi connectivity index (χ1n) is 10.6. The van der Waals surface area contributed by atoms with Crippen molar-refractivity contribution in [3.8, 4) is 17.2 Å². The van der Waals surface area contributed by atoms with Gasteiger partial charge in [0.15, 0.2) is 17.5 Å². The van der Waals surface area contributed by atoms with Gasteiger partial charge in [0.05, 0.1) is 26.1 Å². The largest absolute Gasteiger partial charge is 0.493 e. The van der Waals surface area contributed by atoms with Crippen LogP contribution in [0.3, 0.4) is 0 Å². The van der Waals surface area contributed by atoms with E-state index in [-0.39, 0.29) is 24.0 Å². The van der Waals surface area contributed by atoms with Gasteiger partial charge >= 0.3 is 0 Å². The Morgan fingerprint density at radius 2 is 1.75 bits per heavy atom. The third-order valence-electron chi connectivity index (χ3n) is 4.83. The molecule has 0 fully saturated rings. The molecule has 172 valence electrons. The fourth-order valence-corrected chi connectivity index (χ4v) is 3.21. The molecule has 0 atom stereocenters. The number of methoxy groups -OCH3 is 2. The van der Waals surface area contributed by atoms with Gasteiger partial charge in [-0.1, -0.05) is 24.3 Å². The fourth-order valence-electron chi connectivity index (χ4n) is 3.21. The van der Waals surface area contributed by atoms with Gasteiger partial charge in [0, 0.05) is 25.8 Å². The minimum atomic E-state index is 0. The zero-order chi connectivity index (χ0) is 21.9. The van der Waals surface area contributed by atoms with Crippen LogP contribution in [0.25, 0.3) is 5.69 Å². The summed E-state index contributed by atoms with van der Waals surface area (Å²) in [5, 5.41) is 11.2. The number of halogens is 1. The zero-order valence-electron chi connectivity index (χ0n) is 18.9. The quantitative estimate of drug-likeness (QED) is 0.229. The van der Waals surface area contributed by atoms with Crippen LogP contribution in [-0.4, -0.2) is 49.6 Å². The Balaban J connectivity index is 0.00000363. The lowest BCUT2D eigenvalue weighted by molar-refractivity contribution is 0.354. The summed E-state index contributed by atoms with van der Waals surface area (Å²) in [5.41, 5.74) is 3.40. The number of nitrogens with one attached hydrogen (secondary N) is 2. The molecule has 0 aliphatic heterocycles. The summed E-state index contributed by atoms with van der Waals surface area (Å²) in [6.07, 6.45) is 5.67. The lowest BCUT2D eigenvalue weighted by Crippen LogP contribution is -2.38. The molecule has 0 saturated heterocycles. The van der Waals surface area contributed by atoms with Gasteiger partial charge < -0.3 is 20.1 Å². The molecule has 0 aliphatic rings. The molecule has 0 saturated carbocycles. The molecule has 2 N–H and O–H groups in total. The van der Waals surface area contributed by atoms with Crippen molar-refractivity contribution in [1.29, 1.82) is 0 Å². The Morgan fingerprint density at radius 3 is 2.47 bits per heavy atom. The van der Waals surface area contributed by atoms with E-state index in [0.29, 0.717) is 6.54 Å². The number of rotatable bonds is 10. The number of para-hydroxylation sites is 1. The maximum absolute atomic E-state index is 5.38. The second kappa shape index (κ2) is 13.6. The molecule has 0 radical (unpaired) electrons. The standard InChI is InChI=1S/C24H31N5O2.HI/c1-4-25-24(26-14-12-19-10-11-22(30-2)23(16-19)31-3)27-15-13-20-17-28-29(18-20)21-8-6-5-7-9-21;/h5-11,16-18H,4,12-15H2,1-3H3,(H2,25,26,27);1H. The highest BCUT2D eigenvalue weighted by Gasteiger charge is 2.05. The lowest BCUT2D eigenvalue weighted by atomic mass is 10.1. The molecule has 0 spiro atoms. The van der Waals surface area contributed by atoms with E-state index < -0.39 is 0 Å². The normalized spacial score (nSPS) is 10.9. The number of ether oxygens (including phenoxy) is 2. The van der Waals surface area contributed by atoms with E-state index in [1.165, 1.54) is 5.56 Å². The lowest BCUT2D eigenvalue weighted by Gasteiger charge is -2.11. The van der Waals surface area contributed by atoms with Crippen molar-refractivity contribution < 1.29 is 9.47 Å². The Labute approximate surface area is 207 Å². The molecule has 0 amide bonds. The van der Waals surface area contributed by atoms with E-state index in [1.54, 1.807) is 14.2 Å². The molecule has 1 aromatic heterocycles. The number of aliphatic imine (C=N–C) groups is 1. The number of guanidine groups is 1. The van der Waals surface area contributed by atoms with Crippen LogP contribution in [0.1, 0.15) is 18.1 Å². The molecule has 0 unspecified atom stereocenters. The second-order valence-corrected chi connectivity index (χ2v) is 7.01. The first-order chi connectivity index (χ1) is 15.2. The van der Waals surface area contributed by atoms with Gasteiger partial charge in [-0.25, -0.2) is 4.68 Å². The number of aromatic nitrogens is 2. The summed E-state index contributed by atoms with van der Waals surface area (Å²) in [7, 11) is 3.29. The first-order valence-corrected chi connectivity index (χ1v) is 10.6. The second-order valence-electron chi connectivity index (χ2n) is 7.01. The molecule has 8 heteroatoms. The van der Waals surface area contributed by atoms with Crippen molar-refractivity contribution in [2.24, 2.45) is 4.99 Å². The molecular weight excluding hydrogens is 517 g/mol. The van der Waals surface area contributed by atoms with E-state index >= 15 is 0 Å². The van der Waals surface area contributed by atoms with Gasteiger partial charge in [-0.2, -0.15) is 5.10 Å². The minimum Gasteiger partial charge on any atom is -0.493 e. The highest BCUT2D eigenvalue weighted by Crippen LogP contribution is 2.27. The number of benzene rings is 2. The van der Waals surface area contributed by atoms with E-state index in [1.807, 2.05) is 59.4 Å². The average Bonchev–Trinajstić information content (AvgIpc) is 3.28. The molecule has 0 aliphatic carbocycles. The van der Waals surface area contributed by atoms with Crippen molar-refractivity contribution in [3.05, 3.63) is 72.1 Å². The van der Waals surface area contributed by atoms with E-state index in [9.17, 15) is 0 Å². The van der Waals surface area contributed by atoms with Gasteiger partial charge in [-0.3, -0.25) is 4.99 Å². The van der Waals surface area contributed by atoms with Crippen LogP contribution in [0.15, 0.2) is 65.9 Å². The third kappa shape index (κ3) is 7.44. The molecule has 3 aromatic rings. The summed E-state index contributed by atoms with van der Waals surface area (Å²) in [5.74, 6) is 2.30. The van der Waals surface area contributed by atoms with Crippen molar-refractivity contribution >= 4 is 29.9 Å². The maximum Gasteiger partial charge on any atom is 0.191 e. The highest BCUT2D eigenvalue weighted by atomic mass is 127. The van der Waals surface area contributed by atoms with Crippen LogP contribution in [0.2, 0.25) is 0 Å². The Kier molecular flexibility index (Phi) is 10.9. The Morgan fingerprint density at radius 1 is 0.969 bits per heavy atom. The predicted octanol–water partition coefficient (Wildman–Crippen LogP) is 3.85. The van der Waals surface area contributed by atoms with E-state index in [2.05, 4.69) is 28.9 Å². The molecule has 3 rings (SSSR count). The van der Waals surface area contributed by atoms with Crippen LogP contribution in [-0.2, 0) is 12.8 Å². The molecule has 1 heterocycles. The van der Waals surface area contributed by atoms with Crippen LogP contribution in [0, 0.1) is 0 Å². The van der Waals surface area contributed by atoms with Crippen LogP contribution in [0.4, 0.5) is 0 Å². The SMILES string of the molecule is CCNC(=NCCc1ccc(OC)c(OC)c1)NCCc1cnn(-c2ccccc2)c1.I. The summed E-state index contributed by atoms with van der Waals surface area (Å²) in [6.45, 7) is 4.34. The first kappa shape index (κ1) is 25.5. The van der Waals surface area contributed by atoms with Gasteiger partial charge in [-0.05, 0) is 55.2 Å². The van der Waals surface area contributed by atoms with Crippen molar-refractivity contribution in [1.82, 2.24) is 20.4 Å². The van der Waals surface area contributed by atoms with Gasteiger partial charge in [-0.15, -0.1) is 24.0 Å². The van der Waals surface area contributed by atoms with Crippen molar-refractivity contribution in [2.75, 3.05) is 33.9 Å². The van der Waals surface area contributed by atoms with Gasteiger partial charge in [0.1, 0.15) is 0 Å². The van der Waals surface area contributed by atoms with Gasteiger partial charge in [0.25, 0.3) is 0 Å². The summed E-state index contributed by atoms with van der Waals surface area (Å²) < 4.78 is 12.6. The van der Waals surface area contributed by atoms with Crippen LogP contribution >= 0.6 is 24.0 Å². The van der Waals surface area contributed by atoms with E-state index in [4.69, 9.17) is 14.5 Å². The number of hydrogen-bond donors (Lipinski definition) is 2. The topological polar surface area (TPSA) is 72.7 Å². The Hall–Kier alpha value is -2.75. The average molecular weight is 549 g/mol. The van der Waals surface area contributed by atoms with Gasteiger partial charge in [0.2, 0.25) is 0 Å². The molecule has 7 nitrogen and oxygen atoms in total. The summed E-state index contributed by atoms with van der Waals surface area (Å²) in [6, 6.07) is 16.1. The highest BCUT2D eigenvalue weighted by molar-refractivity contribution is 14.0. The van der Waals surface area contributed by atoms with Crippen molar-refractivity contribution in [3.63, 3.8) is 0 Å². The van der Waals surface area contributed by atoms with E-state index in [0.717, 1.165) is 54.6 Å². The molecule has 32 heavy (non-hydrogen) atoms. The molecular formula is C24H32IN5O2. The number of nitrogens with zero attached hydrogens (tertiary/aromatic N) is 3. The minimum absolute atomic E-state index is 0. The maximum atomic E-state index is 5.38. The predicted molar refractivity (Wildman–Crippen MR) is 140 cm³/mol. The van der Waals surface area contributed by atoms with Crippen LogP contribution in [0.5, 0.6) is 11.5 Å². The zero-order valence-corrected chi connectivity index (χ0v) is 21.2. The monoisotopic (exact) mass is 549 g/mol. The van der Waals surface area contributed by atoms with Crippen LogP contribution < -0.4 is 20.1 Å². The summed E-state index contributed by atoms with van der Waals surface area (Å²) >= 11 is 0. The third-order valence-corrected chi connectivity index (χ3v) is 4.83. The molecule has 0 bridgehead atoms. The molecule has 2 aromatic carbocycles. The van der Waals surface area contributed by atoms with Crippen molar-refractivity contribution in [2.45, 2.75) is 19.8 Å². The Bertz CT molecular complexity index is 976. The smallest absolute Gasteiger partial charge is 0.191 e. The fraction of sp³-hybridized carbons (Fsp3) is 0.333. The number of hydrogen-bond acceptors (Lipinski definition) is 4.